The molecule has 0 aromatic rings. The molecule has 1 rings (SSSR count). The van der Waals surface area contributed by atoms with E-state index in [4.69, 9.17) is 5.73 Å². The molecule has 0 aromatic heterocycles. The lowest BCUT2D eigenvalue weighted by molar-refractivity contribution is 0.0465. The molecule has 0 heterocycles. The van der Waals surface area contributed by atoms with Crippen molar-refractivity contribution in [2.75, 3.05) is 31.1 Å². The van der Waals surface area contributed by atoms with Gasteiger partial charge in [0, 0.05) is 24.4 Å². The molecule has 21 heavy (non-hydrogen) atoms. The average molecular weight is 319 g/mol. The monoisotopic (exact) mass is 318 g/mol. The van der Waals surface area contributed by atoms with Crippen molar-refractivity contribution in [1.82, 2.24) is 4.90 Å². The van der Waals surface area contributed by atoms with E-state index in [2.05, 4.69) is 18.7 Å². The number of hydrogen-bond donors (Lipinski definition) is 1. The summed E-state index contributed by atoms with van der Waals surface area (Å²) in [4.78, 5) is 2.38. The van der Waals surface area contributed by atoms with Crippen LogP contribution in [0.1, 0.15) is 59.3 Å². The van der Waals surface area contributed by atoms with Crippen LogP contribution in [0, 0.1) is 5.92 Å². The van der Waals surface area contributed by atoms with Gasteiger partial charge in [0.15, 0.2) is 9.84 Å². The Morgan fingerprint density at radius 3 is 2.19 bits per heavy atom. The Bertz CT molecular complexity index is 387. The van der Waals surface area contributed by atoms with Crippen LogP contribution in [0.2, 0.25) is 0 Å². The van der Waals surface area contributed by atoms with E-state index in [1.54, 1.807) is 6.92 Å². The SMILES string of the molecule is CCCN(CCS(=O)(=O)CC)C1(CN)CCC(CC)CC1. The second-order valence-corrected chi connectivity index (χ2v) is 8.98. The van der Waals surface area contributed by atoms with E-state index in [-0.39, 0.29) is 17.0 Å². The van der Waals surface area contributed by atoms with Gasteiger partial charge >= 0.3 is 0 Å². The first-order chi connectivity index (χ1) is 9.93. The summed E-state index contributed by atoms with van der Waals surface area (Å²) >= 11 is 0. The molecule has 126 valence electrons. The maximum absolute atomic E-state index is 11.8. The van der Waals surface area contributed by atoms with Crippen molar-refractivity contribution in [2.45, 2.75) is 64.8 Å². The second kappa shape index (κ2) is 8.49. The second-order valence-electron chi connectivity index (χ2n) is 6.50. The number of hydrogen-bond acceptors (Lipinski definition) is 4. The summed E-state index contributed by atoms with van der Waals surface area (Å²) < 4.78 is 23.6. The summed E-state index contributed by atoms with van der Waals surface area (Å²) in [7, 11) is -2.90. The third-order valence-electron chi connectivity index (χ3n) is 5.27. The Labute approximate surface area is 131 Å². The van der Waals surface area contributed by atoms with E-state index in [1.807, 2.05) is 0 Å². The van der Waals surface area contributed by atoms with E-state index < -0.39 is 9.84 Å². The predicted octanol–water partition coefficient (Wildman–Crippen LogP) is 2.43. The third-order valence-corrected chi connectivity index (χ3v) is 6.95. The van der Waals surface area contributed by atoms with Gasteiger partial charge in [-0.15, -0.1) is 0 Å². The van der Waals surface area contributed by atoms with Gasteiger partial charge in [-0.1, -0.05) is 27.2 Å². The van der Waals surface area contributed by atoms with Crippen molar-refractivity contribution < 1.29 is 8.42 Å². The zero-order chi connectivity index (χ0) is 15.9. The lowest BCUT2D eigenvalue weighted by Crippen LogP contribution is -2.57. The molecule has 1 saturated carbocycles. The lowest BCUT2D eigenvalue weighted by atomic mass is 9.74. The van der Waals surface area contributed by atoms with E-state index in [1.165, 1.54) is 19.3 Å². The van der Waals surface area contributed by atoms with Crippen LogP contribution < -0.4 is 5.73 Å². The zero-order valence-electron chi connectivity index (χ0n) is 14.1. The number of sulfone groups is 1. The van der Waals surface area contributed by atoms with Gasteiger partial charge in [0.25, 0.3) is 0 Å². The number of nitrogens with two attached hydrogens (primary N) is 1. The Morgan fingerprint density at radius 2 is 1.76 bits per heavy atom. The smallest absolute Gasteiger partial charge is 0.151 e. The Hall–Kier alpha value is -0.130. The summed E-state index contributed by atoms with van der Waals surface area (Å²) in [5.41, 5.74) is 6.17. The molecule has 0 saturated heterocycles. The predicted molar refractivity (Wildman–Crippen MR) is 90.2 cm³/mol. The molecule has 0 radical (unpaired) electrons. The molecule has 2 N–H and O–H groups in total. The molecule has 1 aliphatic rings. The van der Waals surface area contributed by atoms with Crippen molar-refractivity contribution in [3.05, 3.63) is 0 Å². The van der Waals surface area contributed by atoms with Crippen LogP contribution in [0.4, 0.5) is 0 Å². The van der Waals surface area contributed by atoms with Crippen LogP contribution in [-0.4, -0.2) is 50.0 Å². The van der Waals surface area contributed by atoms with Gasteiger partial charge in [0.1, 0.15) is 0 Å². The molecule has 4 nitrogen and oxygen atoms in total. The minimum absolute atomic E-state index is 0.0327. The first kappa shape index (κ1) is 18.9. The van der Waals surface area contributed by atoms with Crippen LogP contribution in [-0.2, 0) is 9.84 Å². The molecule has 0 amide bonds. The van der Waals surface area contributed by atoms with Gasteiger partial charge in [0.05, 0.1) is 5.75 Å². The third kappa shape index (κ3) is 5.22. The summed E-state index contributed by atoms with van der Waals surface area (Å²) in [5.74, 6) is 1.33. The zero-order valence-corrected chi connectivity index (χ0v) is 14.9. The van der Waals surface area contributed by atoms with Crippen molar-refractivity contribution in [2.24, 2.45) is 11.7 Å². The highest BCUT2D eigenvalue weighted by atomic mass is 32.2. The molecule has 0 atom stereocenters. The highest BCUT2D eigenvalue weighted by Gasteiger charge is 2.38. The van der Waals surface area contributed by atoms with Gasteiger partial charge in [0.2, 0.25) is 0 Å². The van der Waals surface area contributed by atoms with Crippen LogP contribution in [0.3, 0.4) is 0 Å². The Morgan fingerprint density at radius 1 is 1.14 bits per heavy atom. The lowest BCUT2D eigenvalue weighted by Gasteiger charge is -2.47. The fraction of sp³-hybridized carbons (Fsp3) is 1.00. The van der Waals surface area contributed by atoms with Crippen molar-refractivity contribution in [3.63, 3.8) is 0 Å². The molecular weight excluding hydrogens is 284 g/mol. The van der Waals surface area contributed by atoms with Crippen molar-refractivity contribution in [1.29, 1.82) is 0 Å². The van der Waals surface area contributed by atoms with Gasteiger partial charge in [-0.3, -0.25) is 4.90 Å². The summed E-state index contributed by atoms with van der Waals surface area (Å²) in [6.45, 7) is 8.38. The van der Waals surface area contributed by atoms with Gasteiger partial charge < -0.3 is 5.73 Å². The molecule has 0 spiro atoms. The highest BCUT2D eigenvalue weighted by molar-refractivity contribution is 7.91. The first-order valence-corrected chi connectivity index (χ1v) is 10.4. The van der Waals surface area contributed by atoms with Crippen LogP contribution >= 0.6 is 0 Å². The van der Waals surface area contributed by atoms with E-state index in [9.17, 15) is 8.42 Å². The maximum atomic E-state index is 11.8. The largest absolute Gasteiger partial charge is 0.329 e. The Balaban J connectivity index is 2.76. The Kier molecular flexibility index (Phi) is 7.65. The molecule has 0 aliphatic heterocycles. The summed E-state index contributed by atoms with van der Waals surface area (Å²) in [6.07, 6.45) is 7.00. The van der Waals surface area contributed by atoms with E-state index in [0.717, 1.165) is 31.7 Å². The topological polar surface area (TPSA) is 63.4 Å². The van der Waals surface area contributed by atoms with Gasteiger partial charge in [-0.2, -0.15) is 0 Å². The van der Waals surface area contributed by atoms with Crippen LogP contribution in [0.15, 0.2) is 0 Å². The molecular formula is C16H34N2O2S. The molecule has 0 unspecified atom stereocenters. The van der Waals surface area contributed by atoms with Crippen LogP contribution in [0.25, 0.3) is 0 Å². The normalized spacial score (nSPS) is 27.2. The van der Waals surface area contributed by atoms with Crippen LogP contribution in [0.5, 0.6) is 0 Å². The summed E-state index contributed by atoms with van der Waals surface area (Å²) in [5, 5.41) is 0. The molecule has 1 fully saturated rings. The van der Waals surface area contributed by atoms with E-state index in [0.29, 0.717) is 13.1 Å². The average Bonchev–Trinajstić information content (AvgIpc) is 2.51. The quantitative estimate of drug-likeness (QED) is 0.709. The van der Waals surface area contributed by atoms with Crippen molar-refractivity contribution >= 4 is 9.84 Å². The summed E-state index contributed by atoms with van der Waals surface area (Å²) in [6, 6.07) is 0. The standard InChI is InChI=1S/C16H34N2O2S/c1-4-11-18(12-13-21(19,20)6-3)16(14-17)9-7-15(5-2)8-10-16/h15H,4-14,17H2,1-3H3. The van der Waals surface area contributed by atoms with Gasteiger partial charge in [-0.25, -0.2) is 8.42 Å². The van der Waals surface area contributed by atoms with Crippen molar-refractivity contribution in [3.8, 4) is 0 Å². The minimum Gasteiger partial charge on any atom is -0.329 e. The molecule has 1 aliphatic carbocycles. The molecule has 5 heteroatoms. The van der Waals surface area contributed by atoms with E-state index >= 15 is 0 Å². The molecule has 0 aromatic carbocycles. The minimum atomic E-state index is -2.90. The fourth-order valence-corrected chi connectivity index (χ4v) is 4.31. The first-order valence-electron chi connectivity index (χ1n) is 8.58. The highest BCUT2D eigenvalue weighted by Crippen LogP contribution is 2.37. The molecule has 0 bridgehead atoms. The maximum Gasteiger partial charge on any atom is 0.151 e. The fourth-order valence-electron chi connectivity index (χ4n) is 3.52. The number of nitrogens with zero attached hydrogens (tertiary/aromatic N) is 1. The number of rotatable bonds is 9. The van der Waals surface area contributed by atoms with Gasteiger partial charge in [-0.05, 0) is 44.6 Å².